The number of rotatable bonds is 8. The number of amides is 3. The number of aromatic amines is 1. The van der Waals surface area contributed by atoms with Gasteiger partial charge in [0.05, 0.1) is 13.2 Å². The third-order valence-corrected chi connectivity index (χ3v) is 7.18. The molecular weight excluding hydrogens is 432 g/mol. The molecule has 1 aromatic carbocycles. The third kappa shape index (κ3) is 4.26. The number of benzene rings is 1. The topological polar surface area (TPSA) is 94.7 Å². The fourth-order valence-electron chi connectivity index (χ4n) is 5.45. The van der Waals surface area contributed by atoms with Gasteiger partial charge in [-0.1, -0.05) is 13.8 Å². The zero-order valence-electron chi connectivity index (χ0n) is 20.8. The van der Waals surface area contributed by atoms with E-state index in [9.17, 15) is 14.4 Å². The Bertz CT molecular complexity index is 1090. The Labute approximate surface area is 201 Å². The summed E-state index contributed by atoms with van der Waals surface area (Å²) in [6, 6.07) is 4.48. The molecular formula is C26H36N4O4. The molecule has 0 radical (unpaired) electrons. The number of methoxy groups -OCH3 is 1. The minimum atomic E-state index is -0.677. The fourth-order valence-corrected chi connectivity index (χ4v) is 5.45. The Morgan fingerprint density at radius 1 is 1.24 bits per heavy atom. The number of fused-ring (bicyclic) bond motifs is 4. The first kappa shape index (κ1) is 24.1. The van der Waals surface area contributed by atoms with Gasteiger partial charge in [0.2, 0.25) is 17.7 Å². The summed E-state index contributed by atoms with van der Waals surface area (Å²) in [6.07, 6.45) is 1.77. The Balaban J connectivity index is 1.66. The standard InChI is InChI=1S/C26H36N4O4/c1-6-29(7-2)23(31)11-10-19-26(33)30-21(12-15(3)4)24-18(14-22(30)25(32)28-19)17-9-8-16(34-5)13-20(17)27-24/h8-9,13,15,19,21-22,27H,6-7,10-12,14H2,1-5H3,(H,28,32). The van der Waals surface area contributed by atoms with Gasteiger partial charge in [-0.3, -0.25) is 14.4 Å². The van der Waals surface area contributed by atoms with Crippen LogP contribution in [-0.2, 0) is 20.8 Å². The monoisotopic (exact) mass is 468 g/mol. The molecule has 184 valence electrons. The largest absolute Gasteiger partial charge is 0.497 e. The minimum absolute atomic E-state index is 0.0124. The van der Waals surface area contributed by atoms with Crippen LogP contribution in [0.2, 0.25) is 0 Å². The highest BCUT2D eigenvalue weighted by atomic mass is 16.5. The van der Waals surface area contributed by atoms with Gasteiger partial charge in [0, 0.05) is 48.6 Å². The molecule has 3 heterocycles. The van der Waals surface area contributed by atoms with Crippen molar-refractivity contribution in [3.05, 3.63) is 29.5 Å². The van der Waals surface area contributed by atoms with Crippen LogP contribution >= 0.6 is 0 Å². The molecule has 3 amide bonds. The van der Waals surface area contributed by atoms with E-state index in [1.807, 2.05) is 32.0 Å². The normalized spacial score (nSPS) is 21.9. The summed E-state index contributed by atoms with van der Waals surface area (Å²) in [5.74, 6) is 0.874. The number of piperazine rings is 1. The third-order valence-electron chi connectivity index (χ3n) is 7.18. The maximum absolute atomic E-state index is 13.7. The molecule has 2 aliphatic rings. The van der Waals surface area contributed by atoms with Crippen molar-refractivity contribution in [2.45, 2.75) is 71.5 Å². The molecule has 2 N–H and O–H groups in total. The summed E-state index contributed by atoms with van der Waals surface area (Å²) in [5.41, 5.74) is 3.06. The van der Waals surface area contributed by atoms with Crippen molar-refractivity contribution in [3.63, 3.8) is 0 Å². The highest BCUT2D eigenvalue weighted by Crippen LogP contribution is 2.42. The van der Waals surface area contributed by atoms with Gasteiger partial charge in [0.15, 0.2) is 0 Å². The van der Waals surface area contributed by atoms with Gasteiger partial charge in [-0.15, -0.1) is 0 Å². The molecule has 1 fully saturated rings. The SMILES string of the molecule is CCN(CC)C(=O)CCC1NC(=O)C2Cc3c([nH]c4cc(OC)ccc34)C(CC(C)C)N2C1=O. The van der Waals surface area contributed by atoms with Crippen molar-refractivity contribution in [2.75, 3.05) is 20.2 Å². The zero-order chi connectivity index (χ0) is 24.6. The van der Waals surface area contributed by atoms with Crippen LogP contribution in [0.4, 0.5) is 0 Å². The number of nitrogens with zero attached hydrogens (tertiary/aromatic N) is 2. The van der Waals surface area contributed by atoms with E-state index < -0.39 is 12.1 Å². The fraction of sp³-hybridized carbons (Fsp3) is 0.577. The van der Waals surface area contributed by atoms with Crippen LogP contribution in [0.25, 0.3) is 10.9 Å². The molecule has 3 unspecified atom stereocenters. The maximum Gasteiger partial charge on any atom is 0.246 e. The van der Waals surface area contributed by atoms with Crippen LogP contribution < -0.4 is 10.1 Å². The summed E-state index contributed by atoms with van der Waals surface area (Å²) >= 11 is 0. The molecule has 1 aromatic heterocycles. The van der Waals surface area contributed by atoms with Gasteiger partial charge in [0.25, 0.3) is 0 Å². The number of carbonyl (C=O) groups excluding carboxylic acids is 3. The van der Waals surface area contributed by atoms with E-state index >= 15 is 0 Å². The van der Waals surface area contributed by atoms with Crippen molar-refractivity contribution in [3.8, 4) is 5.75 Å². The van der Waals surface area contributed by atoms with Crippen molar-refractivity contribution in [1.82, 2.24) is 20.1 Å². The molecule has 3 atom stereocenters. The van der Waals surface area contributed by atoms with E-state index in [0.717, 1.165) is 34.3 Å². The first-order valence-electron chi connectivity index (χ1n) is 12.4. The molecule has 34 heavy (non-hydrogen) atoms. The van der Waals surface area contributed by atoms with Crippen LogP contribution in [0.3, 0.4) is 0 Å². The number of H-pyrrole nitrogens is 1. The number of ether oxygens (including phenoxy) is 1. The molecule has 1 saturated heterocycles. The van der Waals surface area contributed by atoms with Crippen molar-refractivity contribution < 1.29 is 19.1 Å². The summed E-state index contributed by atoms with van der Waals surface area (Å²) in [7, 11) is 1.64. The van der Waals surface area contributed by atoms with E-state index in [-0.39, 0.29) is 30.2 Å². The summed E-state index contributed by atoms with van der Waals surface area (Å²) in [4.78, 5) is 46.5. The zero-order valence-corrected chi connectivity index (χ0v) is 20.8. The van der Waals surface area contributed by atoms with Crippen LogP contribution in [0.1, 0.15) is 64.3 Å². The lowest BCUT2D eigenvalue weighted by Gasteiger charge is -2.46. The second-order valence-electron chi connectivity index (χ2n) is 9.71. The van der Waals surface area contributed by atoms with E-state index in [1.54, 1.807) is 16.9 Å². The molecule has 8 heteroatoms. The van der Waals surface area contributed by atoms with Gasteiger partial charge in [0.1, 0.15) is 17.8 Å². The molecule has 2 aromatic rings. The van der Waals surface area contributed by atoms with Gasteiger partial charge in [-0.2, -0.15) is 0 Å². The number of hydrogen-bond acceptors (Lipinski definition) is 4. The van der Waals surface area contributed by atoms with Gasteiger partial charge in [-0.05, 0) is 50.3 Å². The second kappa shape index (κ2) is 9.68. The van der Waals surface area contributed by atoms with Gasteiger partial charge >= 0.3 is 0 Å². The maximum atomic E-state index is 13.7. The highest BCUT2D eigenvalue weighted by molar-refractivity contribution is 5.99. The Hall–Kier alpha value is -3.03. The van der Waals surface area contributed by atoms with E-state index in [2.05, 4.69) is 24.1 Å². The average Bonchev–Trinajstić information content (AvgIpc) is 3.18. The number of hydrogen-bond donors (Lipinski definition) is 2. The lowest BCUT2D eigenvalue weighted by atomic mass is 9.85. The molecule has 0 saturated carbocycles. The number of nitrogens with one attached hydrogen (secondary N) is 2. The van der Waals surface area contributed by atoms with E-state index in [4.69, 9.17) is 4.74 Å². The van der Waals surface area contributed by atoms with Gasteiger partial charge < -0.3 is 24.8 Å². The summed E-state index contributed by atoms with van der Waals surface area (Å²) in [6.45, 7) is 9.42. The lowest BCUT2D eigenvalue weighted by molar-refractivity contribution is -0.154. The number of carbonyl (C=O) groups is 3. The number of aromatic nitrogens is 1. The Morgan fingerprint density at radius 2 is 1.97 bits per heavy atom. The van der Waals surface area contributed by atoms with Crippen molar-refractivity contribution in [1.29, 1.82) is 0 Å². The van der Waals surface area contributed by atoms with Crippen LogP contribution in [0.5, 0.6) is 5.75 Å². The quantitative estimate of drug-likeness (QED) is 0.622. The Kier molecular flexibility index (Phi) is 6.86. The molecule has 2 aliphatic heterocycles. The van der Waals surface area contributed by atoms with Crippen LogP contribution in [0, 0.1) is 5.92 Å². The predicted octanol–water partition coefficient (Wildman–Crippen LogP) is 3.16. The molecule has 4 rings (SSSR count). The predicted molar refractivity (Wildman–Crippen MR) is 130 cm³/mol. The summed E-state index contributed by atoms with van der Waals surface area (Å²) in [5, 5.41) is 3.99. The van der Waals surface area contributed by atoms with Crippen LogP contribution in [0.15, 0.2) is 18.2 Å². The molecule has 0 spiro atoms. The second-order valence-corrected chi connectivity index (χ2v) is 9.71. The first-order valence-corrected chi connectivity index (χ1v) is 12.4. The van der Waals surface area contributed by atoms with Crippen molar-refractivity contribution in [2.24, 2.45) is 5.92 Å². The van der Waals surface area contributed by atoms with Gasteiger partial charge in [-0.25, -0.2) is 0 Å². The van der Waals surface area contributed by atoms with E-state index in [1.165, 1.54) is 0 Å². The average molecular weight is 469 g/mol. The van der Waals surface area contributed by atoms with Crippen molar-refractivity contribution >= 4 is 28.6 Å². The highest BCUT2D eigenvalue weighted by Gasteiger charge is 2.48. The smallest absolute Gasteiger partial charge is 0.246 e. The molecule has 8 nitrogen and oxygen atoms in total. The Morgan fingerprint density at radius 3 is 2.62 bits per heavy atom. The lowest BCUT2D eigenvalue weighted by Crippen LogP contribution is -2.66. The van der Waals surface area contributed by atoms with Crippen LogP contribution in [-0.4, -0.2) is 64.8 Å². The minimum Gasteiger partial charge on any atom is -0.497 e. The summed E-state index contributed by atoms with van der Waals surface area (Å²) < 4.78 is 5.39. The first-order chi connectivity index (χ1) is 16.3. The van der Waals surface area contributed by atoms with E-state index in [0.29, 0.717) is 31.8 Å². The molecule has 0 bridgehead atoms. The molecule has 0 aliphatic carbocycles.